The molecule has 1 saturated heterocycles. The Balaban J connectivity index is 1.48. The maximum atomic E-state index is 12.8. The molecule has 30 heavy (non-hydrogen) atoms. The van der Waals surface area contributed by atoms with Crippen LogP contribution >= 0.6 is 11.3 Å². The fourth-order valence-electron chi connectivity index (χ4n) is 4.27. The molecular formula is C22H28N4O3S. The van der Waals surface area contributed by atoms with Gasteiger partial charge in [-0.05, 0) is 63.5 Å². The largest absolute Gasteiger partial charge is 0.496 e. The number of amides is 1. The number of fused-ring (bicyclic) bond motifs is 1. The van der Waals surface area contributed by atoms with E-state index in [2.05, 4.69) is 22.2 Å². The van der Waals surface area contributed by atoms with Crippen LogP contribution in [0.4, 0.5) is 5.13 Å². The van der Waals surface area contributed by atoms with E-state index in [-0.39, 0.29) is 11.9 Å². The first kappa shape index (κ1) is 20.8. The summed E-state index contributed by atoms with van der Waals surface area (Å²) in [6.45, 7) is 5.35. The number of thiazole rings is 1. The lowest BCUT2D eigenvalue weighted by Crippen LogP contribution is -2.43. The quantitative estimate of drug-likeness (QED) is 0.738. The van der Waals surface area contributed by atoms with Gasteiger partial charge in [-0.25, -0.2) is 4.98 Å². The van der Waals surface area contributed by atoms with Gasteiger partial charge in [0.2, 0.25) is 0 Å². The van der Waals surface area contributed by atoms with E-state index in [1.165, 1.54) is 11.3 Å². The second-order valence-corrected chi connectivity index (χ2v) is 9.05. The number of hydrogen-bond donors (Lipinski definition) is 1. The highest BCUT2D eigenvalue weighted by molar-refractivity contribution is 7.17. The molecule has 160 valence electrons. The number of rotatable bonds is 5. The number of nitrogens with one attached hydrogen (secondary N) is 1. The molecule has 1 N–H and O–H groups in total. The van der Waals surface area contributed by atoms with Gasteiger partial charge in [0.05, 0.1) is 18.4 Å². The van der Waals surface area contributed by atoms with Crippen molar-refractivity contribution in [2.24, 2.45) is 0 Å². The van der Waals surface area contributed by atoms with Crippen LogP contribution < -0.4 is 15.0 Å². The van der Waals surface area contributed by atoms with E-state index in [1.54, 1.807) is 7.11 Å². The Hall–Kier alpha value is -2.45. The molecule has 4 rings (SSSR count). The predicted molar refractivity (Wildman–Crippen MR) is 118 cm³/mol. The second kappa shape index (κ2) is 8.73. The van der Waals surface area contributed by atoms with E-state index >= 15 is 0 Å². The number of methoxy groups -OCH3 is 1. The third-order valence-corrected chi connectivity index (χ3v) is 7.28. The van der Waals surface area contributed by atoms with Crippen molar-refractivity contribution >= 4 is 28.7 Å². The van der Waals surface area contributed by atoms with Gasteiger partial charge < -0.3 is 19.9 Å². The molecule has 8 heteroatoms. The number of ether oxygens (including phenoxy) is 1. The van der Waals surface area contributed by atoms with Crippen molar-refractivity contribution in [3.05, 3.63) is 39.4 Å². The van der Waals surface area contributed by atoms with Crippen LogP contribution in [0, 0.1) is 6.92 Å². The minimum absolute atomic E-state index is 0.0174. The van der Waals surface area contributed by atoms with Crippen LogP contribution in [0.3, 0.4) is 0 Å². The van der Waals surface area contributed by atoms with Gasteiger partial charge in [0, 0.05) is 19.1 Å². The zero-order valence-electron chi connectivity index (χ0n) is 17.7. The average Bonchev–Trinajstić information content (AvgIpc) is 3.15. The summed E-state index contributed by atoms with van der Waals surface area (Å²) in [5, 5.41) is 4.05. The molecule has 1 amide bonds. The molecule has 2 aliphatic heterocycles. The highest BCUT2D eigenvalue weighted by Gasteiger charge is 2.26. The molecule has 0 unspecified atom stereocenters. The Labute approximate surface area is 181 Å². The van der Waals surface area contributed by atoms with Crippen LogP contribution in [-0.2, 0) is 13.0 Å². The summed E-state index contributed by atoms with van der Waals surface area (Å²) in [5.74, 6) is 0.603. The van der Waals surface area contributed by atoms with E-state index in [4.69, 9.17) is 9.72 Å². The van der Waals surface area contributed by atoms with Crippen LogP contribution in [0.2, 0.25) is 0 Å². The summed E-state index contributed by atoms with van der Waals surface area (Å²) in [7, 11) is 3.70. The third kappa shape index (κ3) is 4.06. The number of benzene rings is 1. The van der Waals surface area contributed by atoms with Crippen molar-refractivity contribution in [1.82, 2.24) is 15.2 Å². The Kier molecular flexibility index (Phi) is 6.06. The molecule has 0 atom stereocenters. The fraction of sp³-hybridized carbons (Fsp3) is 0.500. The molecular weight excluding hydrogens is 400 g/mol. The third-order valence-electron chi connectivity index (χ3n) is 6.06. The first-order chi connectivity index (χ1) is 14.5. The number of hydrogen-bond acceptors (Lipinski definition) is 7. The normalized spacial score (nSPS) is 17.5. The molecule has 1 aromatic heterocycles. The number of aldehydes is 1. The van der Waals surface area contributed by atoms with Gasteiger partial charge in [0.1, 0.15) is 10.6 Å². The lowest BCUT2D eigenvalue weighted by Gasteiger charge is -2.30. The van der Waals surface area contributed by atoms with Gasteiger partial charge in [0.25, 0.3) is 5.91 Å². The van der Waals surface area contributed by atoms with Crippen LogP contribution in [0.1, 0.15) is 49.7 Å². The Bertz CT molecular complexity index is 950. The predicted octanol–water partition coefficient (Wildman–Crippen LogP) is 2.66. The Morgan fingerprint density at radius 2 is 2.07 bits per heavy atom. The molecule has 1 aromatic carbocycles. The molecule has 0 radical (unpaired) electrons. The summed E-state index contributed by atoms with van der Waals surface area (Å²) in [5.41, 5.74) is 3.57. The molecule has 1 fully saturated rings. The molecule has 0 saturated carbocycles. The lowest BCUT2D eigenvalue weighted by atomic mass is 9.94. The van der Waals surface area contributed by atoms with Crippen molar-refractivity contribution in [2.75, 3.05) is 38.7 Å². The number of carbonyl (C=O) groups excluding carboxylic acids is 2. The van der Waals surface area contributed by atoms with Gasteiger partial charge in [-0.2, -0.15) is 0 Å². The smallest absolute Gasteiger partial charge is 0.263 e. The van der Waals surface area contributed by atoms with Crippen molar-refractivity contribution in [3.8, 4) is 5.75 Å². The molecule has 2 aliphatic rings. The van der Waals surface area contributed by atoms with Crippen molar-refractivity contribution in [2.45, 2.75) is 38.8 Å². The van der Waals surface area contributed by atoms with E-state index in [1.807, 2.05) is 19.1 Å². The van der Waals surface area contributed by atoms with Crippen LogP contribution in [0.15, 0.2) is 12.1 Å². The monoisotopic (exact) mass is 428 g/mol. The molecule has 7 nitrogen and oxygen atoms in total. The maximum absolute atomic E-state index is 12.8. The number of piperidine rings is 1. The minimum atomic E-state index is -0.0174. The highest BCUT2D eigenvalue weighted by atomic mass is 32.1. The summed E-state index contributed by atoms with van der Waals surface area (Å²) in [6, 6.07) is 4.10. The first-order valence-corrected chi connectivity index (χ1v) is 11.2. The number of likely N-dealkylation sites (tertiary alicyclic amines) is 1. The van der Waals surface area contributed by atoms with Gasteiger partial charge in [-0.15, -0.1) is 0 Å². The van der Waals surface area contributed by atoms with Crippen LogP contribution in [0.5, 0.6) is 5.75 Å². The number of aryl methyl sites for hydroxylation is 1. The average molecular weight is 429 g/mol. The minimum Gasteiger partial charge on any atom is -0.496 e. The lowest BCUT2D eigenvalue weighted by molar-refractivity contribution is 0.0920. The van der Waals surface area contributed by atoms with Gasteiger partial charge in [-0.3, -0.25) is 9.59 Å². The Morgan fingerprint density at radius 1 is 1.30 bits per heavy atom. The van der Waals surface area contributed by atoms with Gasteiger partial charge in [0.15, 0.2) is 11.4 Å². The SMILES string of the molecule is COc1ccc2c(c1C=O)CCN(c1nc(C)c(C(=O)NC3CCN(C)CC3)s1)C2. The van der Waals surface area contributed by atoms with E-state index in [0.29, 0.717) is 22.7 Å². The molecule has 3 heterocycles. The van der Waals surface area contributed by atoms with E-state index in [0.717, 1.165) is 67.1 Å². The topological polar surface area (TPSA) is 74.8 Å². The van der Waals surface area contributed by atoms with Crippen molar-refractivity contribution in [3.63, 3.8) is 0 Å². The fourth-order valence-corrected chi connectivity index (χ4v) is 5.26. The van der Waals surface area contributed by atoms with Gasteiger partial charge in [-0.1, -0.05) is 17.4 Å². The highest BCUT2D eigenvalue weighted by Crippen LogP contribution is 2.33. The standard InChI is InChI=1S/C22H28N4O3S/c1-14-20(21(28)24-16-6-9-25(2)10-7-16)30-22(23-14)26-11-8-17-15(12-26)4-5-19(29-3)18(17)13-27/h4-5,13,16H,6-12H2,1-3H3,(H,24,28). The van der Waals surface area contributed by atoms with E-state index in [9.17, 15) is 9.59 Å². The van der Waals surface area contributed by atoms with Gasteiger partial charge >= 0.3 is 0 Å². The molecule has 0 bridgehead atoms. The number of anilines is 1. The zero-order valence-corrected chi connectivity index (χ0v) is 18.6. The summed E-state index contributed by atoms with van der Waals surface area (Å²) >= 11 is 1.45. The first-order valence-electron chi connectivity index (χ1n) is 10.4. The number of aromatic nitrogens is 1. The molecule has 2 aromatic rings. The summed E-state index contributed by atoms with van der Waals surface area (Å²) in [4.78, 5) is 34.3. The summed E-state index contributed by atoms with van der Waals surface area (Å²) in [6.07, 6.45) is 3.60. The van der Waals surface area contributed by atoms with Crippen LogP contribution in [-0.4, -0.2) is 61.9 Å². The number of carbonyl (C=O) groups is 2. The molecule has 0 spiro atoms. The van der Waals surface area contributed by atoms with E-state index < -0.39 is 0 Å². The van der Waals surface area contributed by atoms with Crippen molar-refractivity contribution in [1.29, 1.82) is 0 Å². The number of nitrogens with zero attached hydrogens (tertiary/aromatic N) is 3. The Morgan fingerprint density at radius 3 is 2.77 bits per heavy atom. The van der Waals surface area contributed by atoms with Crippen molar-refractivity contribution < 1.29 is 14.3 Å². The molecule has 0 aliphatic carbocycles. The van der Waals surface area contributed by atoms with Crippen LogP contribution in [0.25, 0.3) is 0 Å². The maximum Gasteiger partial charge on any atom is 0.263 e. The second-order valence-electron chi connectivity index (χ2n) is 8.07. The zero-order chi connectivity index (χ0) is 21.3. The summed E-state index contributed by atoms with van der Waals surface area (Å²) < 4.78 is 5.33.